The fourth-order valence-corrected chi connectivity index (χ4v) is 3.23. The largest absolute Gasteiger partial charge is 0.381 e. The van der Waals surface area contributed by atoms with Gasteiger partial charge in [-0.3, -0.25) is 4.79 Å². The van der Waals surface area contributed by atoms with Crippen molar-refractivity contribution in [2.24, 2.45) is 11.8 Å². The Morgan fingerprint density at radius 1 is 1.23 bits per heavy atom. The van der Waals surface area contributed by atoms with E-state index in [9.17, 15) is 4.79 Å². The van der Waals surface area contributed by atoms with Crippen LogP contribution in [-0.2, 0) is 9.53 Å². The smallest absolute Gasteiger partial charge is 0.226 e. The number of amides is 1. The van der Waals surface area contributed by atoms with E-state index in [-0.39, 0.29) is 12.0 Å². The lowest BCUT2D eigenvalue weighted by Crippen LogP contribution is -2.42. The molecule has 1 saturated heterocycles. The summed E-state index contributed by atoms with van der Waals surface area (Å²) in [7, 11) is 0. The van der Waals surface area contributed by atoms with Crippen LogP contribution < -0.4 is 0 Å². The predicted molar refractivity (Wildman–Crippen MR) is 89.7 cm³/mol. The molecule has 0 radical (unpaired) electrons. The van der Waals surface area contributed by atoms with E-state index >= 15 is 0 Å². The van der Waals surface area contributed by atoms with E-state index in [1.54, 1.807) is 0 Å². The highest BCUT2D eigenvalue weighted by Gasteiger charge is 2.30. The Balaban J connectivity index is 2.21. The standard InChI is InChI=1S/C19H29NO2/c1-14(2)13-20(19(21)17-9-11-22-12-10-17)16(4)18-8-6-5-7-15(18)3/h5-8,14,16-17H,9-13H2,1-4H3/t16-/m0/s1. The lowest BCUT2D eigenvalue weighted by molar-refractivity contribution is -0.141. The molecule has 0 aliphatic carbocycles. The second-order valence-corrected chi connectivity index (χ2v) is 6.80. The Hall–Kier alpha value is -1.35. The van der Waals surface area contributed by atoms with Crippen LogP contribution in [0.15, 0.2) is 24.3 Å². The molecule has 3 heteroatoms. The number of aryl methyl sites for hydroxylation is 1. The maximum Gasteiger partial charge on any atom is 0.226 e. The molecule has 0 spiro atoms. The van der Waals surface area contributed by atoms with Crippen LogP contribution in [0.25, 0.3) is 0 Å². The third-order valence-corrected chi connectivity index (χ3v) is 4.52. The molecule has 0 unspecified atom stereocenters. The maximum atomic E-state index is 13.0. The number of nitrogens with zero attached hydrogens (tertiary/aromatic N) is 1. The van der Waals surface area contributed by atoms with Gasteiger partial charge in [-0.1, -0.05) is 38.1 Å². The van der Waals surface area contributed by atoms with Gasteiger partial charge in [0.25, 0.3) is 0 Å². The summed E-state index contributed by atoms with van der Waals surface area (Å²) >= 11 is 0. The minimum Gasteiger partial charge on any atom is -0.381 e. The van der Waals surface area contributed by atoms with Gasteiger partial charge >= 0.3 is 0 Å². The third kappa shape index (κ3) is 4.10. The van der Waals surface area contributed by atoms with Gasteiger partial charge in [0, 0.05) is 25.7 Å². The van der Waals surface area contributed by atoms with Crippen LogP contribution in [0.3, 0.4) is 0 Å². The van der Waals surface area contributed by atoms with E-state index in [1.165, 1.54) is 11.1 Å². The SMILES string of the molecule is Cc1ccccc1[C@H](C)N(CC(C)C)C(=O)C1CCOCC1. The highest BCUT2D eigenvalue weighted by atomic mass is 16.5. The Kier molecular flexibility index (Phi) is 6.01. The molecule has 1 amide bonds. The first-order valence-electron chi connectivity index (χ1n) is 8.44. The van der Waals surface area contributed by atoms with Crippen molar-refractivity contribution in [3.63, 3.8) is 0 Å². The average Bonchev–Trinajstić information content (AvgIpc) is 2.52. The summed E-state index contributed by atoms with van der Waals surface area (Å²) in [5.74, 6) is 0.891. The lowest BCUT2D eigenvalue weighted by Gasteiger charge is -2.35. The van der Waals surface area contributed by atoms with Crippen LogP contribution in [0.4, 0.5) is 0 Å². The summed E-state index contributed by atoms with van der Waals surface area (Å²) in [6.07, 6.45) is 1.71. The quantitative estimate of drug-likeness (QED) is 0.824. The van der Waals surface area contributed by atoms with Gasteiger partial charge in [-0.2, -0.15) is 0 Å². The van der Waals surface area contributed by atoms with E-state index in [2.05, 4.69) is 56.9 Å². The minimum absolute atomic E-state index is 0.124. The molecule has 1 heterocycles. The molecule has 0 N–H and O–H groups in total. The Morgan fingerprint density at radius 2 is 1.86 bits per heavy atom. The molecule has 1 fully saturated rings. The van der Waals surface area contributed by atoms with Crippen molar-refractivity contribution < 1.29 is 9.53 Å². The van der Waals surface area contributed by atoms with Gasteiger partial charge in [0.05, 0.1) is 6.04 Å². The number of benzene rings is 1. The van der Waals surface area contributed by atoms with Crippen LogP contribution in [0.2, 0.25) is 0 Å². The van der Waals surface area contributed by atoms with Crippen molar-refractivity contribution in [1.29, 1.82) is 0 Å². The van der Waals surface area contributed by atoms with E-state index in [0.717, 1.165) is 19.4 Å². The summed E-state index contributed by atoms with van der Waals surface area (Å²) in [4.78, 5) is 15.1. The number of ether oxygens (including phenoxy) is 1. The number of hydrogen-bond acceptors (Lipinski definition) is 2. The summed E-state index contributed by atoms with van der Waals surface area (Å²) in [6.45, 7) is 10.9. The Labute approximate surface area is 134 Å². The molecule has 2 rings (SSSR count). The van der Waals surface area contributed by atoms with Crippen molar-refractivity contribution in [3.05, 3.63) is 35.4 Å². The van der Waals surface area contributed by atoms with Crippen LogP contribution in [0, 0.1) is 18.8 Å². The van der Waals surface area contributed by atoms with Gasteiger partial charge in [0.15, 0.2) is 0 Å². The number of carbonyl (C=O) groups is 1. The van der Waals surface area contributed by atoms with E-state index < -0.39 is 0 Å². The maximum absolute atomic E-state index is 13.0. The van der Waals surface area contributed by atoms with Crippen molar-refractivity contribution in [1.82, 2.24) is 4.90 Å². The average molecular weight is 303 g/mol. The fourth-order valence-electron chi connectivity index (χ4n) is 3.23. The Morgan fingerprint density at radius 3 is 2.45 bits per heavy atom. The van der Waals surface area contributed by atoms with E-state index in [1.807, 2.05) is 0 Å². The molecule has 1 aliphatic heterocycles. The zero-order valence-electron chi connectivity index (χ0n) is 14.3. The first kappa shape index (κ1) is 17.0. The second-order valence-electron chi connectivity index (χ2n) is 6.80. The fraction of sp³-hybridized carbons (Fsp3) is 0.632. The van der Waals surface area contributed by atoms with Crippen LogP contribution in [0.5, 0.6) is 0 Å². The monoisotopic (exact) mass is 303 g/mol. The van der Waals surface area contributed by atoms with Gasteiger partial charge in [0.1, 0.15) is 0 Å². The normalized spacial score (nSPS) is 17.5. The zero-order chi connectivity index (χ0) is 16.1. The number of hydrogen-bond donors (Lipinski definition) is 0. The van der Waals surface area contributed by atoms with Crippen molar-refractivity contribution in [3.8, 4) is 0 Å². The van der Waals surface area contributed by atoms with Gasteiger partial charge < -0.3 is 9.64 Å². The van der Waals surface area contributed by atoms with Crippen LogP contribution >= 0.6 is 0 Å². The van der Waals surface area contributed by atoms with E-state index in [4.69, 9.17) is 4.74 Å². The molecule has 22 heavy (non-hydrogen) atoms. The summed E-state index contributed by atoms with van der Waals surface area (Å²) in [5, 5.41) is 0. The van der Waals surface area contributed by atoms with Gasteiger partial charge in [-0.15, -0.1) is 0 Å². The van der Waals surface area contributed by atoms with Crippen molar-refractivity contribution in [2.75, 3.05) is 19.8 Å². The summed E-state index contributed by atoms with van der Waals surface area (Å²) in [5.41, 5.74) is 2.51. The summed E-state index contributed by atoms with van der Waals surface area (Å²) in [6, 6.07) is 8.51. The molecule has 0 aromatic heterocycles. The predicted octanol–water partition coefficient (Wildman–Crippen LogP) is 3.97. The van der Waals surface area contributed by atoms with Crippen LogP contribution in [0.1, 0.15) is 50.8 Å². The third-order valence-electron chi connectivity index (χ3n) is 4.52. The molecule has 1 aromatic carbocycles. The van der Waals surface area contributed by atoms with Gasteiger partial charge in [-0.05, 0) is 43.7 Å². The molecular formula is C19H29NO2. The van der Waals surface area contributed by atoms with Crippen molar-refractivity contribution in [2.45, 2.75) is 46.6 Å². The molecular weight excluding hydrogens is 274 g/mol. The number of carbonyl (C=O) groups excluding carboxylic acids is 1. The summed E-state index contributed by atoms with van der Waals surface area (Å²) < 4.78 is 5.40. The van der Waals surface area contributed by atoms with Crippen LogP contribution in [-0.4, -0.2) is 30.6 Å². The van der Waals surface area contributed by atoms with Gasteiger partial charge in [-0.25, -0.2) is 0 Å². The van der Waals surface area contributed by atoms with Gasteiger partial charge in [0.2, 0.25) is 5.91 Å². The van der Waals surface area contributed by atoms with E-state index in [0.29, 0.717) is 25.0 Å². The molecule has 0 bridgehead atoms. The molecule has 1 atom stereocenters. The highest BCUT2D eigenvalue weighted by molar-refractivity contribution is 5.79. The zero-order valence-corrected chi connectivity index (χ0v) is 14.3. The van der Waals surface area contributed by atoms with Crippen molar-refractivity contribution >= 4 is 5.91 Å². The first-order chi connectivity index (χ1) is 10.5. The topological polar surface area (TPSA) is 29.5 Å². The molecule has 3 nitrogen and oxygen atoms in total. The molecule has 122 valence electrons. The molecule has 1 aliphatic rings. The molecule has 0 saturated carbocycles. The first-order valence-corrected chi connectivity index (χ1v) is 8.44. The lowest BCUT2D eigenvalue weighted by atomic mass is 9.94. The molecule has 1 aromatic rings. The Bertz CT molecular complexity index is 492. The second kappa shape index (κ2) is 7.77. The highest BCUT2D eigenvalue weighted by Crippen LogP contribution is 2.28. The number of rotatable bonds is 5. The minimum atomic E-state index is 0.124.